The summed E-state index contributed by atoms with van der Waals surface area (Å²) in [4.78, 5) is 57.2. The molecule has 0 bridgehead atoms. The highest BCUT2D eigenvalue weighted by Gasteiger charge is 2.55. The van der Waals surface area contributed by atoms with Crippen molar-refractivity contribution < 1.29 is 23.9 Å². The van der Waals surface area contributed by atoms with Gasteiger partial charge in [-0.1, -0.05) is 19.4 Å². The number of aromatic nitrogens is 1. The van der Waals surface area contributed by atoms with Gasteiger partial charge in [0.15, 0.2) is 5.78 Å². The number of likely N-dealkylation sites (tertiary alicyclic amines) is 1. The number of carbonyl (C=O) groups excluding carboxylic acids is 4. The molecule has 3 fully saturated rings. The van der Waals surface area contributed by atoms with Crippen LogP contribution < -0.4 is 10.1 Å². The average molecular weight is 494 g/mol. The van der Waals surface area contributed by atoms with Crippen molar-refractivity contribution in [2.45, 2.75) is 76.8 Å². The van der Waals surface area contributed by atoms with E-state index in [-0.39, 0.29) is 34.7 Å². The molecule has 3 aliphatic rings. The van der Waals surface area contributed by atoms with E-state index in [0.717, 1.165) is 43.0 Å². The first-order chi connectivity index (χ1) is 17.3. The number of hydrogen-bond donors (Lipinski definition) is 2. The summed E-state index contributed by atoms with van der Waals surface area (Å²) in [5, 5.41) is 3.77. The fourth-order valence-electron chi connectivity index (χ4n) is 5.99. The van der Waals surface area contributed by atoms with Crippen molar-refractivity contribution in [3.63, 3.8) is 0 Å². The summed E-state index contributed by atoms with van der Waals surface area (Å²) in [5.41, 5.74) is 1.20. The lowest BCUT2D eigenvalue weighted by atomic mass is 9.82. The van der Waals surface area contributed by atoms with Crippen molar-refractivity contribution in [3.8, 4) is 5.75 Å². The van der Waals surface area contributed by atoms with Crippen LogP contribution in [0, 0.1) is 11.3 Å². The van der Waals surface area contributed by atoms with Crippen LogP contribution in [-0.2, 0) is 14.4 Å². The van der Waals surface area contributed by atoms with Crippen molar-refractivity contribution in [1.82, 2.24) is 15.2 Å². The van der Waals surface area contributed by atoms with Gasteiger partial charge in [-0.05, 0) is 62.1 Å². The molecular formula is C28H35N3O5. The summed E-state index contributed by atoms with van der Waals surface area (Å²) in [6.45, 7) is 2.31. The van der Waals surface area contributed by atoms with Crippen LogP contribution in [0.1, 0.15) is 75.2 Å². The largest absolute Gasteiger partial charge is 0.496 e. The average Bonchev–Trinajstić information content (AvgIpc) is 3.32. The smallest absolute Gasteiger partial charge is 0.271 e. The zero-order valence-electron chi connectivity index (χ0n) is 21.1. The van der Waals surface area contributed by atoms with Crippen molar-refractivity contribution in [3.05, 3.63) is 30.0 Å². The highest BCUT2D eigenvalue weighted by molar-refractivity contribution is 6.02. The van der Waals surface area contributed by atoms with Gasteiger partial charge in [0.1, 0.15) is 23.3 Å². The Balaban J connectivity index is 1.36. The van der Waals surface area contributed by atoms with Crippen LogP contribution in [0.3, 0.4) is 0 Å². The molecular weight excluding hydrogens is 458 g/mol. The third-order valence-corrected chi connectivity index (χ3v) is 8.36. The molecule has 2 saturated carbocycles. The van der Waals surface area contributed by atoms with Crippen LogP contribution in [-0.4, -0.2) is 59.0 Å². The van der Waals surface area contributed by atoms with Crippen LogP contribution in [0.4, 0.5) is 0 Å². The number of benzene rings is 1. The van der Waals surface area contributed by atoms with Gasteiger partial charge in [0.05, 0.1) is 13.2 Å². The van der Waals surface area contributed by atoms with Crippen LogP contribution in [0.15, 0.2) is 24.3 Å². The quantitative estimate of drug-likeness (QED) is 0.582. The molecule has 8 heteroatoms. The number of H-pyrrole nitrogens is 1. The van der Waals surface area contributed by atoms with E-state index in [0.29, 0.717) is 43.7 Å². The molecule has 2 aromatic rings. The fourth-order valence-corrected chi connectivity index (χ4v) is 5.99. The van der Waals surface area contributed by atoms with E-state index >= 15 is 0 Å². The van der Waals surface area contributed by atoms with Crippen molar-refractivity contribution in [1.29, 1.82) is 0 Å². The molecule has 2 heterocycles. The minimum Gasteiger partial charge on any atom is -0.496 e. The molecule has 0 radical (unpaired) electrons. The van der Waals surface area contributed by atoms with E-state index in [2.05, 4.69) is 10.3 Å². The monoisotopic (exact) mass is 493 g/mol. The topological polar surface area (TPSA) is 109 Å². The number of amides is 2. The van der Waals surface area contributed by atoms with Crippen molar-refractivity contribution in [2.75, 3.05) is 13.7 Å². The van der Waals surface area contributed by atoms with E-state index in [9.17, 15) is 19.2 Å². The van der Waals surface area contributed by atoms with E-state index in [1.807, 2.05) is 18.2 Å². The molecule has 1 spiro atoms. The van der Waals surface area contributed by atoms with Gasteiger partial charge in [0.25, 0.3) is 5.91 Å². The maximum absolute atomic E-state index is 13.6. The summed E-state index contributed by atoms with van der Waals surface area (Å²) < 4.78 is 5.43. The SMILES string of the molecule is CCC(=O)[C@H](CC1CCCCC1=O)NC(=O)[C@@H]1CC2(CC2)CN1C(=O)c1cc2c(OC)cccc2[nH]1. The van der Waals surface area contributed by atoms with E-state index in [1.165, 1.54) is 0 Å². The minimum atomic E-state index is -0.695. The molecule has 1 saturated heterocycles. The van der Waals surface area contributed by atoms with Crippen LogP contribution in [0.25, 0.3) is 10.9 Å². The number of nitrogens with zero attached hydrogens (tertiary/aromatic N) is 1. The lowest BCUT2D eigenvalue weighted by molar-refractivity contribution is -0.131. The molecule has 192 valence electrons. The number of rotatable bonds is 8. The van der Waals surface area contributed by atoms with Gasteiger partial charge >= 0.3 is 0 Å². The van der Waals surface area contributed by atoms with Crippen LogP contribution in [0.2, 0.25) is 0 Å². The Morgan fingerprint density at radius 1 is 1.25 bits per heavy atom. The molecule has 1 aliphatic heterocycles. The Labute approximate surface area is 211 Å². The van der Waals surface area contributed by atoms with Gasteiger partial charge in [0, 0.05) is 36.2 Å². The second-order valence-corrected chi connectivity index (χ2v) is 10.8. The van der Waals surface area contributed by atoms with E-state index in [1.54, 1.807) is 25.0 Å². The number of carbonyl (C=O) groups is 4. The number of ether oxygens (including phenoxy) is 1. The van der Waals surface area contributed by atoms with Crippen molar-refractivity contribution >= 4 is 34.3 Å². The Morgan fingerprint density at radius 3 is 2.75 bits per heavy atom. The van der Waals surface area contributed by atoms with Gasteiger partial charge in [-0.25, -0.2) is 0 Å². The highest BCUT2D eigenvalue weighted by Crippen LogP contribution is 2.55. The van der Waals surface area contributed by atoms with Gasteiger partial charge in [-0.3, -0.25) is 19.2 Å². The molecule has 1 unspecified atom stereocenters. The molecule has 8 nitrogen and oxygen atoms in total. The summed E-state index contributed by atoms with van der Waals surface area (Å²) in [6.07, 6.45) is 6.42. The maximum Gasteiger partial charge on any atom is 0.271 e. The fraction of sp³-hybridized carbons (Fsp3) is 0.571. The zero-order valence-corrected chi connectivity index (χ0v) is 21.1. The molecule has 2 aliphatic carbocycles. The Morgan fingerprint density at radius 2 is 2.06 bits per heavy atom. The number of hydrogen-bond acceptors (Lipinski definition) is 5. The molecule has 1 aromatic carbocycles. The molecule has 2 amide bonds. The third kappa shape index (κ3) is 4.65. The normalized spacial score (nSPS) is 23.6. The second-order valence-electron chi connectivity index (χ2n) is 10.8. The first-order valence-electron chi connectivity index (χ1n) is 13.2. The summed E-state index contributed by atoms with van der Waals surface area (Å²) in [5.74, 6) is 0.0934. The van der Waals surface area contributed by atoms with Gasteiger partial charge in [-0.15, -0.1) is 0 Å². The predicted octanol–water partition coefficient (Wildman–Crippen LogP) is 3.78. The first kappa shape index (κ1) is 24.5. The van der Waals surface area contributed by atoms with Gasteiger partial charge in [0.2, 0.25) is 5.91 Å². The Kier molecular flexibility index (Phi) is 6.62. The lowest BCUT2D eigenvalue weighted by Crippen LogP contribution is -2.51. The standard InChI is InChI=1S/C28H35N3O5/c1-3-23(32)20(13-17-7-4-5-9-24(17)33)30-26(34)22-15-28(11-12-28)16-31(22)27(35)21-14-18-19(29-21)8-6-10-25(18)36-2/h6,8,10,14,17,20,22,29H,3-5,7,9,11-13,15-16H2,1-2H3,(H,30,34)/t17?,20-,22-/m0/s1. The lowest BCUT2D eigenvalue weighted by Gasteiger charge is -2.28. The van der Waals surface area contributed by atoms with E-state index < -0.39 is 12.1 Å². The van der Waals surface area contributed by atoms with Crippen molar-refractivity contribution in [2.24, 2.45) is 11.3 Å². The summed E-state index contributed by atoms with van der Waals surface area (Å²) in [6, 6.07) is 6.04. The molecule has 36 heavy (non-hydrogen) atoms. The number of ketones is 2. The number of methoxy groups -OCH3 is 1. The number of Topliss-reactive ketones (excluding diaryl/α,β-unsaturated/α-hetero) is 2. The number of aromatic amines is 1. The Hall–Kier alpha value is -3.16. The maximum atomic E-state index is 13.6. The number of fused-ring (bicyclic) bond motifs is 1. The predicted molar refractivity (Wildman–Crippen MR) is 135 cm³/mol. The van der Waals surface area contributed by atoms with Crippen LogP contribution >= 0.6 is 0 Å². The molecule has 1 aromatic heterocycles. The Bertz CT molecular complexity index is 1200. The molecule has 5 rings (SSSR count). The highest BCUT2D eigenvalue weighted by atomic mass is 16.5. The minimum absolute atomic E-state index is 0.00896. The third-order valence-electron chi connectivity index (χ3n) is 8.36. The summed E-state index contributed by atoms with van der Waals surface area (Å²) in [7, 11) is 1.59. The summed E-state index contributed by atoms with van der Waals surface area (Å²) >= 11 is 0. The molecule has 2 N–H and O–H groups in total. The van der Waals surface area contributed by atoms with E-state index in [4.69, 9.17) is 4.74 Å². The van der Waals surface area contributed by atoms with Gasteiger partial charge < -0.3 is 19.9 Å². The number of nitrogens with one attached hydrogen (secondary N) is 2. The molecule has 3 atom stereocenters. The first-order valence-corrected chi connectivity index (χ1v) is 13.2. The van der Waals surface area contributed by atoms with Gasteiger partial charge in [-0.2, -0.15) is 0 Å². The second kappa shape index (κ2) is 9.71. The van der Waals surface area contributed by atoms with Crippen LogP contribution in [0.5, 0.6) is 5.75 Å². The zero-order chi connectivity index (χ0) is 25.4.